The average Bonchev–Trinajstić information content (AvgIpc) is 2.44. The lowest BCUT2D eigenvalue weighted by Crippen LogP contribution is -1.99. The molecule has 0 unspecified atom stereocenters. The van der Waals surface area contributed by atoms with Gasteiger partial charge in [0.2, 0.25) is 0 Å². The third kappa shape index (κ3) is 2.24. The van der Waals surface area contributed by atoms with Crippen LogP contribution in [0.1, 0.15) is 10.4 Å². The number of rotatable bonds is 2. The van der Waals surface area contributed by atoms with Crippen LogP contribution in [0, 0.1) is 0 Å². The highest BCUT2D eigenvalue weighted by Crippen LogP contribution is 2.29. The number of fused-ring (bicyclic) bond motifs is 3. The molecule has 3 rings (SSSR count). The molecule has 0 radical (unpaired) electrons. The summed E-state index contributed by atoms with van der Waals surface area (Å²) in [6, 6.07) is 12.5. The fourth-order valence-corrected chi connectivity index (χ4v) is 2.92. The Morgan fingerprint density at radius 2 is 1.62 bits per heavy atom. The molecule has 0 amide bonds. The van der Waals surface area contributed by atoms with Gasteiger partial charge in [-0.3, -0.25) is 4.55 Å². The van der Waals surface area contributed by atoms with E-state index in [1.807, 2.05) is 0 Å². The van der Waals surface area contributed by atoms with Crippen molar-refractivity contribution in [3.8, 4) is 0 Å². The molecule has 2 N–H and O–H groups in total. The Balaban J connectivity index is 2.47. The van der Waals surface area contributed by atoms with Crippen molar-refractivity contribution in [2.45, 2.75) is 4.90 Å². The number of hydrogen-bond donors (Lipinski definition) is 2. The number of carboxylic acid groups (broad SMARTS) is 1. The first-order valence-electron chi connectivity index (χ1n) is 6.04. The molecule has 0 aliphatic carbocycles. The van der Waals surface area contributed by atoms with Gasteiger partial charge in [-0.05, 0) is 39.7 Å². The van der Waals surface area contributed by atoms with Gasteiger partial charge in [0.05, 0.1) is 10.5 Å². The van der Waals surface area contributed by atoms with Crippen molar-refractivity contribution in [3.63, 3.8) is 0 Å². The molecule has 21 heavy (non-hydrogen) atoms. The van der Waals surface area contributed by atoms with E-state index in [1.54, 1.807) is 30.3 Å². The summed E-state index contributed by atoms with van der Waals surface area (Å²) in [4.78, 5) is 11.0. The van der Waals surface area contributed by atoms with Crippen molar-refractivity contribution in [1.82, 2.24) is 0 Å². The molecule has 3 aromatic carbocycles. The molecule has 0 atom stereocenters. The second kappa shape index (κ2) is 4.54. The molecule has 0 saturated carbocycles. The SMILES string of the molecule is O=C(O)c1cccc2c1ccc1ccc(S(=O)(=O)O)cc12. The van der Waals surface area contributed by atoms with Crippen molar-refractivity contribution in [2.24, 2.45) is 0 Å². The molecule has 6 heteroatoms. The van der Waals surface area contributed by atoms with E-state index in [9.17, 15) is 18.3 Å². The largest absolute Gasteiger partial charge is 0.478 e. The van der Waals surface area contributed by atoms with E-state index in [4.69, 9.17) is 4.55 Å². The molecule has 3 aromatic rings. The van der Waals surface area contributed by atoms with Gasteiger partial charge in [-0.2, -0.15) is 8.42 Å². The first-order valence-corrected chi connectivity index (χ1v) is 7.48. The van der Waals surface area contributed by atoms with Gasteiger partial charge >= 0.3 is 5.97 Å². The summed E-state index contributed by atoms with van der Waals surface area (Å²) < 4.78 is 31.6. The zero-order valence-corrected chi connectivity index (χ0v) is 11.5. The van der Waals surface area contributed by atoms with Crippen molar-refractivity contribution >= 4 is 37.6 Å². The van der Waals surface area contributed by atoms with Crippen LogP contribution in [0.2, 0.25) is 0 Å². The lowest BCUT2D eigenvalue weighted by Gasteiger charge is -2.07. The van der Waals surface area contributed by atoms with E-state index in [0.717, 1.165) is 5.39 Å². The first-order chi connectivity index (χ1) is 9.88. The molecule has 0 fully saturated rings. The van der Waals surface area contributed by atoms with Gasteiger partial charge in [-0.25, -0.2) is 4.79 Å². The van der Waals surface area contributed by atoms with Gasteiger partial charge in [0, 0.05) is 0 Å². The molecular weight excluding hydrogens is 292 g/mol. The summed E-state index contributed by atoms with van der Waals surface area (Å²) in [7, 11) is -4.31. The maximum atomic E-state index is 11.2. The molecule has 0 aromatic heterocycles. The highest BCUT2D eigenvalue weighted by molar-refractivity contribution is 7.85. The third-order valence-corrected chi connectivity index (χ3v) is 4.23. The lowest BCUT2D eigenvalue weighted by molar-refractivity contribution is 0.0699. The van der Waals surface area contributed by atoms with Gasteiger partial charge in [-0.15, -0.1) is 0 Å². The number of carbonyl (C=O) groups is 1. The molecule has 0 saturated heterocycles. The molecule has 0 bridgehead atoms. The Morgan fingerprint density at radius 3 is 2.29 bits per heavy atom. The molecular formula is C15H10O5S. The quantitative estimate of drug-likeness (QED) is 0.561. The van der Waals surface area contributed by atoms with E-state index in [0.29, 0.717) is 16.2 Å². The predicted molar refractivity (Wildman–Crippen MR) is 78.2 cm³/mol. The van der Waals surface area contributed by atoms with Crippen LogP contribution in [0.3, 0.4) is 0 Å². The number of carboxylic acids is 1. The van der Waals surface area contributed by atoms with Crippen LogP contribution in [0.15, 0.2) is 53.4 Å². The summed E-state index contributed by atoms with van der Waals surface area (Å²) in [6.45, 7) is 0. The Morgan fingerprint density at radius 1 is 0.905 bits per heavy atom. The topological polar surface area (TPSA) is 91.7 Å². The van der Waals surface area contributed by atoms with Crippen molar-refractivity contribution in [2.75, 3.05) is 0 Å². The van der Waals surface area contributed by atoms with Crippen LogP contribution in [0.4, 0.5) is 0 Å². The smallest absolute Gasteiger partial charge is 0.336 e. The van der Waals surface area contributed by atoms with Crippen LogP contribution >= 0.6 is 0 Å². The maximum Gasteiger partial charge on any atom is 0.336 e. The zero-order valence-electron chi connectivity index (χ0n) is 10.6. The minimum Gasteiger partial charge on any atom is -0.478 e. The molecule has 5 nitrogen and oxygen atoms in total. The van der Waals surface area contributed by atoms with Gasteiger partial charge < -0.3 is 5.11 Å². The van der Waals surface area contributed by atoms with E-state index in [2.05, 4.69) is 0 Å². The average molecular weight is 302 g/mol. The van der Waals surface area contributed by atoms with Crippen LogP contribution in [0.25, 0.3) is 21.5 Å². The standard InChI is InChI=1S/C15H10O5S/c16-15(17)13-3-1-2-11-12(13)7-5-9-4-6-10(8-14(9)11)21(18,19)20/h1-8H,(H,16,17)(H,18,19,20). The third-order valence-electron chi connectivity index (χ3n) is 3.38. The minimum absolute atomic E-state index is 0.145. The van der Waals surface area contributed by atoms with E-state index < -0.39 is 16.1 Å². The van der Waals surface area contributed by atoms with Gasteiger partial charge in [0.15, 0.2) is 0 Å². The molecule has 0 aliphatic rings. The van der Waals surface area contributed by atoms with Gasteiger partial charge in [-0.1, -0.05) is 30.3 Å². The highest BCUT2D eigenvalue weighted by atomic mass is 32.2. The molecule has 0 heterocycles. The first kappa shape index (κ1) is 13.5. The summed E-state index contributed by atoms with van der Waals surface area (Å²) in [6.07, 6.45) is 0. The number of benzene rings is 3. The summed E-state index contributed by atoms with van der Waals surface area (Å²) in [5.74, 6) is -1.05. The zero-order chi connectivity index (χ0) is 15.2. The highest BCUT2D eigenvalue weighted by Gasteiger charge is 2.13. The van der Waals surface area contributed by atoms with Gasteiger partial charge in [0.1, 0.15) is 0 Å². The van der Waals surface area contributed by atoms with Crippen molar-refractivity contribution in [3.05, 3.63) is 54.1 Å². The Hall–Kier alpha value is -2.44. The number of hydrogen-bond acceptors (Lipinski definition) is 3. The van der Waals surface area contributed by atoms with E-state index in [-0.39, 0.29) is 10.5 Å². The lowest BCUT2D eigenvalue weighted by atomic mass is 9.98. The number of aromatic carboxylic acids is 1. The Labute approximate surface area is 120 Å². The normalized spacial score (nSPS) is 11.9. The monoisotopic (exact) mass is 302 g/mol. The molecule has 106 valence electrons. The Kier molecular flexibility index (Phi) is 2.93. The second-order valence-electron chi connectivity index (χ2n) is 4.63. The Bertz CT molecular complexity index is 990. The predicted octanol–water partition coefficient (Wildman–Crippen LogP) is 2.94. The molecule has 0 spiro atoms. The summed E-state index contributed by atoms with van der Waals surface area (Å²) >= 11 is 0. The second-order valence-corrected chi connectivity index (χ2v) is 6.05. The summed E-state index contributed by atoms with van der Waals surface area (Å²) in [5.41, 5.74) is 0.145. The van der Waals surface area contributed by atoms with Gasteiger partial charge in [0.25, 0.3) is 10.1 Å². The van der Waals surface area contributed by atoms with Crippen LogP contribution in [0.5, 0.6) is 0 Å². The summed E-state index contributed by atoms with van der Waals surface area (Å²) in [5, 5.41) is 11.7. The van der Waals surface area contributed by atoms with Crippen molar-refractivity contribution in [1.29, 1.82) is 0 Å². The van der Waals surface area contributed by atoms with E-state index >= 15 is 0 Å². The van der Waals surface area contributed by atoms with Crippen LogP contribution in [-0.4, -0.2) is 24.0 Å². The maximum absolute atomic E-state index is 11.2. The molecule has 0 aliphatic heterocycles. The fraction of sp³-hybridized carbons (Fsp3) is 0. The van der Waals surface area contributed by atoms with Crippen LogP contribution < -0.4 is 0 Å². The van der Waals surface area contributed by atoms with E-state index in [1.165, 1.54) is 18.2 Å². The van der Waals surface area contributed by atoms with Crippen molar-refractivity contribution < 1.29 is 22.9 Å². The minimum atomic E-state index is -4.31. The fourth-order valence-electron chi connectivity index (χ4n) is 2.41. The van der Waals surface area contributed by atoms with Crippen LogP contribution in [-0.2, 0) is 10.1 Å².